The Morgan fingerprint density at radius 2 is 2.00 bits per heavy atom. The number of nitrogens with zero attached hydrogens (tertiary/aromatic N) is 1. The van der Waals surface area contributed by atoms with Gasteiger partial charge in [0, 0.05) is 5.56 Å². The van der Waals surface area contributed by atoms with Crippen molar-refractivity contribution >= 4 is 23.4 Å². The van der Waals surface area contributed by atoms with E-state index in [9.17, 15) is 14.0 Å². The molecule has 1 heterocycles. The highest BCUT2D eigenvalue weighted by Gasteiger charge is 2.27. The van der Waals surface area contributed by atoms with E-state index in [1.54, 1.807) is 6.07 Å². The highest BCUT2D eigenvalue weighted by molar-refractivity contribution is 6.33. The lowest BCUT2D eigenvalue weighted by molar-refractivity contribution is 0.0473. The van der Waals surface area contributed by atoms with Crippen LogP contribution in [-0.2, 0) is 17.6 Å². The first-order valence-corrected chi connectivity index (χ1v) is 9.56. The molecule has 0 atom stereocenters. The van der Waals surface area contributed by atoms with Crippen molar-refractivity contribution in [2.45, 2.75) is 26.2 Å². The largest absolute Gasteiger partial charge is 0.454 e. The topological polar surface area (TPSA) is 69.4 Å². The molecule has 0 fully saturated rings. The van der Waals surface area contributed by atoms with Crippen LogP contribution in [0.15, 0.2) is 40.9 Å². The molecule has 29 heavy (non-hydrogen) atoms. The Balaban J connectivity index is 1.54. The first kappa shape index (κ1) is 19.3. The maximum atomic E-state index is 14.3. The third-order valence-electron chi connectivity index (χ3n) is 5.02. The van der Waals surface area contributed by atoms with Gasteiger partial charge in [0.15, 0.2) is 12.4 Å². The van der Waals surface area contributed by atoms with E-state index in [1.165, 1.54) is 30.7 Å². The first-order chi connectivity index (χ1) is 14.0. The van der Waals surface area contributed by atoms with Gasteiger partial charge in [-0.15, -0.1) is 0 Å². The average molecular weight is 414 g/mol. The normalized spacial score (nSPS) is 12.7. The van der Waals surface area contributed by atoms with Gasteiger partial charge in [0.1, 0.15) is 22.8 Å². The predicted octanol–water partition coefficient (Wildman–Crippen LogP) is 4.97. The van der Waals surface area contributed by atoms with Gasteiger partial charge >= 0.3 is 5.97 Å². The number of carbonyl (C=O) groups is 2. The third kappa shape index (κ3) is 3.68. The molecule has 0 N–H and O–H groups in total. The van der Waals surface area contributed by atoms with E-state index < -0.39 is 18.4 Å². The van der Waals surface area contributed by atoms with Crippen LogP contribution in [-0.4, -0.2) is 23.5 Å². The lowest BCUT2D eigenvalue weighted by atomic mass is 10.0. The van der Waals surface area contributed by atoms with Crippen molar-refractivity contribution in [1.82, 2.24) is 5.16 Å². The number of ketones is 1. The van der Waals surface area contributed by atoms with Gasteiger partial charge in [-0.1, -0.05) is 35.0 Å². The predicted molar refractivity (Wildman–Crippen MR) is 105 cm³/mol. The molecule has 7 heteroatoms. The third-order valence-corrected chi connectivity index (χ3v) is 5.34. The fraction of sp³-hybridized carbons (Fsp3) is 0.227. The van der Waals surface area contributed by atoms with Crippen LogP contribution in [0.3, 0.4) is 0 Å². The number of fused-ring (bicyclic) bond motifs is 1. The zero-order valence-electron chi connectivity index (χ0n) is 15.6. The molecule has 1 aromatic heterocycles. The number of aromatic nitrogens is 1. The lowest BCUT2D eigenvalue weighted by Crippen LogP contribution is -2.15. The van der Waals surface area contributed by atoms with Crippen molar-refractivity contribution in [2.75, 3.05) is 6.61 Å². The highest BCUT2D eigenvalue weighted by Crippen LogP contribution is 2.33. The molecule has 3 aromatic rings. The smallest absolute Gasteiger partial charge is 0.344 e. The van der Waals surface area contributed by atoms with Crippen LogP contribution < -0.4 is 0 Å². The maximum absolute atomic E-state index is 14.3. The van der Waals surface area contributed by atoms with Gasteiger partial charge in [-0.25, -0.2) is 9.18 Å². The summed E-state index contributed by atoms with van der Waals surface area (Å²) in [5.41, 5.74) is 2.75. The summed E-state index contributed by atoms with van der Waals surface area (Å²) >= 11 is 6.08. The summed E-state index contributed by atoms with van der Waals surface area (Å²) in [5.74, 6) is -1.64. The standard InChI is InChI=1S/C22H17ClFNO4/c1-12-19(21(25-29-12)20-16(23)6-3-7-17(20)24)22(27)28-11-18(26)15-9-8-13-4-2-5-14(13)10-15/h3,6-10H,2,4-5,11H2,1H3. The van der Waals surface area contributed by atoms with Crippen molar-refractivity contribution in [3.8, 4) is 11.3 Å². The van der Waals surface area contributed by atoms with Crippen LogP contribution in [0.25, 0.3) is 11.3 Å². The number of hydrogen-bond acceptors (Lipinski definition) is 5. The SMILES string of the molecule is Cc1onc(-c2c(F)cccc2Cl)c1C(=O)OCC(=O)c1ccc2c(c1)CCC2. The summed E-state index contributed by atoms with van der Waals surface area (Å²) in [6.07, 6.45) is 3.05. The summed E-state index contributed by atoms with van der Waals surface area (Å²) < 4.78 is 24.5. The Morgan fingerprint density at radius 1 is 1.21 bits per heavy atom. The number of carbonyl (C=O) groups excluding carboxylic acids is 2. The quantitative estimate of drug-likeness (QED) is 0.436. The summed E-state index contributed by atoms with van der Waals surface area (Å²) in [7, 11) is 0. The molecule has 0 unspecified atom stereocenters. The van der Waals surface area contributed by atoms with Crippen molar-refractivity contribution < 1.29 is 23.2 Å². The Bertz CT molecular complexity index is 1100. The van der Waals surface area contributed by atoms with Crippen LogP contribution in [0, 0.1) is 12.7 Å². The molecule has 0 saturated carbocycles. The first-order valence-electron chi connectivity index (χ1n) is 9.18. The minimum Gasteiger partial charge on any atom is -0.454 e. The van der Waals surface area contributed by atoms with Crippen molar-refractivity contribution in [1.29, 1.82) is 0 Å². The molecular formula is C22H17ClFNO4. The molecule has 4 rings (SSSR count). The molecule has 1 aliphatic rings. The minimum atomic E-state index is -0.826. The minimum absolute atomic E-state index is 0.0529. The second-order valence-electron chi connectivity index (χ2n) is 6.90. The van der Waals surface area contributed by atoms with Crippen LogP contribution in [0.5, 0.6) is 0 Å². The van der Waals surface area contributed by atoms with Crippen molar-refractivity contribution in [3.63, 3.8) is 0 Å². The molecule has 0 spiro atoms. The van der Waals surface area contributed by atoms with E-state index in [1.807, 2.05) is 12.1 Å². The fourth-order valence-electron chi connectivity index (χ4n) is 3.54. The Labute approximate surface area is 171 Å². The molecule has 148 valence electrons. The van der Waals surface area contributed by atoms with Crippen molar-refractivity contribution in [2.24, 2.45) is 0 Å². The molecule has 0 aliphatic heterocycles. The Morgan fingerprint density at radius 3 is 2.79 bits per heavy atom. The zero-order valence-corrected chi connectivity index (χ0v) is 16.4. The summed E-state index contributed by atoms with van der Waals surface area (Å²) in [5, 5.41) is 3.85. The Kier molecular flexibility index (Phi) is 5.20. The molecule has 0 bridgehead atoms. The van der Waals surface area contributed by atoms with Crippen LogP contribution in [0.1, 0.15) is 44.0 Å². The van der Waals surface area contributed by atoms with Gasteiger partial charge < -0.3 is 9.26 Å². The molecule has 5 nitrogen and oxygen atoms in total. The van der Waals surface area contributed by atoms with Crippen LogP contribution in [0.4, 0.5) is 4.39 Å². The number of hydrogen-bond donors (Lipinski definition) is 0. The molecule has 0 amide bonds. The van der Waals surface area contributed by atoms with Crippen molar-refractivity contribution in [3.05, 3.63) is 75.3 Å². The number of rotatable bonds is 5. The zero-order chi connectivity index (χ0) is 20.5. The number of halogens is 2. The average Bonchev–Trinajstić information content (AvgIpc) is 3.31. The summed E-state index contributed by atoms with van der Waals surface area (Å²) in [6.45, 7) is 1.07. The van der Waals surface area contributed by atoms with E-state index in [0.29, 0.717) is 5.56 Å². The van der Waals surface area contributed by atoms with E-state index in [2.05, 4.69) is 5.16 Å². The van der Waals surface area contributed by atoms with Gasteiger partial charge in [-0.2, -0.15) is 0 Å². The molecule has 2 aromatic carbocycles. The van der Waals surface area contributed by atoms with Gasteiger partial charge in [-0.3, -0.25) is 4.79 Å². The summed E-state index contributed by atoms with van der Waals surface area (Å²) in [6, 6.07) is 9.68. The van der Waals surface area contributed by atoms with Gasteiger partial charge in [-0.05, 0) is 55.5 Å². The summed E-state index contributed by atoms with van der Waals surface area (Å²) in [4.78, 5) is 25.1. The van der Waals surface area contributed by atoms with Gasteiger partial charge in [0.2, 0.25) is 0 Å². The molecule has 0 saturated heterocycles. The lowest BCUT2D eigenvalue weighted by Gasteiger charge is -2.08. The van der Waals surface area contributed by atoms with Crippen LogP contribution >= 0.6 is 11.6 Å². The van der Waals surface area contributed by atoms with E-state index >= 15 is 0 Å². The van der Waals surface area contributed by atoms with Crippen LogP contribution in [0.2, 0.25) is 5.02 Å². The second kappa shape index (κ2) is 7.79. The number of Topliss-reactive ketones (excluding diaryl/α,β-unsaturated/α-hetero) is 1. The van der Waals surface area contributed by atoms with Gasteiger partial charge in [0.05, 0.1) is 10.6 Å². The van der Waals surface area contributed by atoms with E-state index in [0.717, 1.165) is 24.8 Å². The Hall–Kier alpha value is -2.99. The highest BCUT2D eigenvalue weighted by atomic mass is 35.5. The van der Waals surface area contributed by atoms with E-state index in [-0.39, 0.29) is 33.4 Å². The number of benzene rings is 2. The van der Waals surface area contributed by atoms with Gasteiger partial charge in [0.25, 0.3) is 0 Å². The maximum Gasteiger partial charge on any atom is 0.344 e. The molecule has 1 aliphatic carbocycles. The number of ether oxygens (including phenoxy) is 1. The second-order valence-corrected chi connectivity index (χ2v) is 7.30. The van der Waals surface area contributed by atoms with E-state index in [4.69, 9.17) is 20.9 Å². The fourth-order valence-corrected chi connectivity index (χ4v) is 3.79. The monoisotopic (exact) mass is 413 g/mol. The molecular weight excluding hydrogens is 397 g/mol. The molecule has 0 radical (unpaired) electrons. The number of aryl methyl sites for hydroxylation is 3. The number of esters is 1.